The van der Waals surface area contributed by atoms with Gasteiger partial charge in [0.25, 0.3) is 9.05 Å². The molecule has 3 nitrogen and oxygen atoms in total. The highest BCUT2D eigenvalue weighted by Gasteiger charge is 2.17. The van der Waals surface area contributed by atoms with E-state index in [1.807, 2.05) is 6.92 Å². The predicted molar refractivity (Wildman–Crippen MR) is 116 cm³/mol. The van der Waals surface area contributed by atoms with Gasteiger partial charge in [0.1, 0.15) is 0 Å². The topological polar surface area (TPSA) is 54.4 Å². The highest BCUT2D eigenvalue weighted by Crippen LogP contribution is 2.29. The SMILES string of the molecule is Cc1ccc(CC2CCC2)cc1.Cc1ccc(S(=O)(=O)Cl)cc1.OC1CCC1. The summed E-state index contributed by atoms with van der Waals surface area (Å²) in [6, 6.07) is 15.4. The molecule has 0 aromatic heterocycles. The summed E-state index contributed by atoms with van der Waals surface area (Å²) < 4.78 is 21.4. The minimum absolute atomic E-state index is 0.0648. The van der Waals surface area contributed by atoms with E-state index in [1.165, 1.54) is 55.4 Å². The van der Waals surface area contributed by atoms with Crippen LogP contribution in [0.2, 0.25) is 0 Å². The number of hydrogen-bond donors (Lipinski definition) is 1. The quantitative estimate of drug-likeness (QED) is 0.636. The first-order valence-corrected chi connectivity index (χ1v) is 12.3. The van der Waals surface area contributed by atoms with Crippen LogP contribution in [0.15, 0.2) is 53.4 Å². The monoisotopic (exact) mass is 422 g/mol. The first-order valence-electron chi connectivity index (χ1n) is 9.99. The number of rotatable bonds is 3. The third-order valence-electron chi connectivity index (χ3n) is 5.25. The Labute approximate surface area is 174 Å². The van der Waals surface area contributed by atoms with Crippen LogP contribution in [0, 0.1) is 19.8 Å². The van der Waals surface area contributed by atoms with Crippen LogP contribution in [0.4, 0.5) is 0 Å². The van der Waals surface area contributed by atoms with Crippen LogP contribution in [-0.2, 0) is 15.5 Å². The summed E-state index contributed by atoms with van der Waals surface area (Å²) in [6.45, 7) is 4.03. The minimum Gasteiger partial charge on any atom is -0.393 e. The van der Waals surface area contributed by atoms with E-state index in [1.54, 1.807) is 12.1 Å². The zero-order valence-electron chi connectivity index (χ0n) is 16.8. The third-order valence-corrected chi connectivity index (χ3v) is 6.62. The second-order valence-corrected chi connectivity index (χ2v) is 10.4. The van der Waals surface area contributed by atoms with Crippen LogP contribution in [0.5, 0.6) is 0 Å². The third kappa shape index (κ3) is 8.34. The first-order chi connectivity index (χ1) is 13.2. The van der Waals surface area contributed by atoms with Crippen LogP contribution in [-0.4, -0.2) is 19.6 Å². The van der Waals surface area contributed by atoms with E-state index < -0.39 is 9.05 Å². The van der Waals surface area contributed by atoms with Crippen LogP contribution in [0.1, 0.15) is 55.2 Å². The lowest BCUT2D eigenvalue weighted by Gasteiger charge is -2.25. The van der Waals surface area contributed by atoms with Gasteiger partial charge in [-0.25, -0.2) is 8.42 Å². The number of benzene rings is 2. The van der Waals surface area contributed by atoms with E-state index >= 15 is 0 Å². The molecule has 28 heavy (non-hydrogen) atoms. The number of aliphatic hydroxyl groups is 1. The highest BCUT2D eigenvalue weighted by molar-refractivity contribution is 8.13. The number of aliphatic hydroxyl groups excluding tert-OH is 1. The fourth-order valence-corrected chi connectivity index (χ4v) is 3.61. The molecule has 154 valence electrons. The minimum atomic E-state index is -3.55. The molecule has 0 radical (unpaired) electrons. The van der Waals surface area contributed by atoms with Crippen LogP contribution in [0.3, 0.4) is 0 Å². The van der Waals surface area contributed by atoms with Gasteiger partial charge in [0.15, 0.2) is 0 Å². The molecule has 0 atom stereocenters. The maximum atomic E-state index is 10.7. The molecule has 2 fully saturated rings. The maximum absolute atomic E-state index is 10.7. The van der Waals surface area contributed by atoms with Crippen molar-refractivity contribution >= 4 is 19.7 Å². The fourth-order valence-electron chi connectivity index (χ4n) is 2.84. The van der Waals surface area contributed by atoms with Crippen molar-refractivity contribution in [2.24, 2.45) is 5.92 Å². The van der Waals surface area contributed by atoms with Crippen molar-refractivity contribution in [1.29, 1.82) is 0 Å². The van der Waals surface area contributed by atoms with E-state index in [0.717, 1.165) is 24.3 Å². The lowest BCUT2D eigenvalue weighted by Crippen LogP contribution is -2.15. The average molecular weight is 423 g/mol. The summed E-state index contributed by atoms with van der Waals surface area (Å²) in [5.41, 5.74) is 3.90. The van der Waals surface area contributed by atoms with Gasteiger partial charge in [-0.05, 0) is 63.1 Å². The molecule has 0 bridgehead atoms. The molecule has 0 unspecified atom stereocenters. The van der Waals surface area contributed by atoms with Gasteiger partial charge in [0.05, 0.1) is 11.0 Å². The van der Waals surface area contributed by atoms with Crippen molar-refractivity contribution < 1.29 is 13.5 Å². The highest BCUT2D eigenvalue weighted by atomic mass is 35.7. The van der Waals surface area contributed by atoms with Crippen LogP contribution in [0.25, 0.3) is 0 Å². The molecule has 1 N–H and O–H groups in total. The summed E-state index contributed by atoms with van der Waals surface area (Å²) in [6.07, 6.45) is 9.05. The number of halogens is 1. The Balaban J connectivity index is 0.000000162. The van der Waals surface area contributed by atoms with Gasteiger partial charge in [-0.3, -0.25) is 0 Å². The molecule has 2 aromatic carbocycles. The van der Waals surface area contributed by atoms with Crippen molar-refractivity contribution in [1.82, 2.24) is 0 Å². The second kappa shape index (κ2) is 11.0. The zero-order valence-corrected chi connectivity index (χ0v) is 18.3. The molecule has 5 heteroatoms. The molecule has 2 aromatic rings. The first kappa shape index (κ1) is 22.9. The summed E-state index contributed by atoms with van der Waals surface area (Å²) in [7, 11) is 1.54. The molecular weight excluding hydrogens is 392 g/mol. The summed E-state index contributed by atoms with van der Waals surface area (Å²) in [5.74, 6) is 0.993. The summed E-state index contributed by atoms with van der Waals surface area (Å²) >= 11 is 0. The van der Waals surface area contributed by atoms with Gasteiger partial charge in [-0.1, -0.05) is 66.8 Å². The van der Waals surface area contributed by atoms with Crippen molar-refractivity contribution in [2.75, 3.05) is 0 Å². The van der Waals surface area contributed by atoms with Gasteiger partial charge in [0, 0.05) is 10.7 Å². The molecule has 0 aliphatic heterocycles. The Hall–Kier alpha value is -1.36. The maximum Gasteiger partial charge on any atom is 0.261 e. The average Bonchev–Trinajstić information content (AvgIpc) is 2.59. The van der Waals surface area contributed by atoms with Gasteiger partial charge in [0.2, 0.25) is 0 Å². The Kier molecular flexibility index (Phi) is 9.00. The zero-order chi connectivity index (χ0) is 20.6. The van der Waals surface area contributed by atoms with Gasteiger partial charge in [-0.15, -0.1) is 0 Å². The van der Waals surface area contributed by atoms with Gasteiger partial charge >= 0.3 is 0 Å². The smallest absolute Gasteiger partial charge is 0.261 e. The van der Waals surface area contributed by atoms with Gasteiger partial charge < -0.3 is 5.11 Å². The molecule has 0 heterocycles. The van der Waals surface area contributed by atoms with Crippen LogP contribution < -0.4 is 0 Å². The molecule has 4 rings (SSSR count). The lowest BCUT2D eigenvalue weighted by atomic mass is 9.81. The lowest BCUT2D eigenvalue weighted by molar-refractivity contribution is 0.0950. The molecule has 0 saturated heterocycles. The predicted octanol–water partition coefficient (Wildman–Crippen LogP) is 5.79. The molecule has 0 spiro atoms. The van der Waals surface area contributed by atoms with E-state index in [4.69, 9.17) is 15.8 Å². The van der Waals surface area contributed by atoms with E-state index in [9.17, 15) is 8.42 Å². The van der Waals surface area contributed by atoms with E-state index in [0.29, 0.717) is 0 Å². The molecule has 0 amide bonds. The van der Waals surface area contributed by atoms with Crippen molar-refractivity contribution in [3.63, 3.8) is 0 Å². The van der Waals surface area contributed by atoms with E-state index in [2.05, 4.69) is 31.2 Å². The standard InChI is InChI=1S/C12H16.C7H7ClO2S.C4H8O/c1-10-5-7-12(8-6-10)9-11-3-2-4-11;1-6-2-4-7(5-3-6)11(8,9)10;5-4-2-1-3-4/h5-8,11H,2-4,9H2,1H3;2-5H,1H3;4-5H,1-3H2. The molecular formula is C23H31ClO3S. The molecule has 2 aliphatic rings. The number of hydrogen-bond acceptors (Lipinski definition) is 3. The Morgan fingerprint density at radius 2 is 1.29 bits per heavy atom. The Morgan fingerprint density at radius 3 is 1.61 bits per heavy atom. The summed E-state index contributed by atoms with van der Waals surface area (Å²) in [4.78, 5) is 0.143. The Morgan fingerprint density at radius 1 is 0.857 bits per heavy atom. The van der Waals surface area contributed by atoms with Crippen molar-refractivity contribution in [3.05, 3.63) is 65.2 Å². The molecule has 2 aliphatic carbocycles. The van der Waals surface area contributed by atoms with Crippen molar-refractivity contribution in [3.8, 4) is 0 Å². The van der Waals surface area contributed by atoms with E-state index in [-0.39, 0.29) is 11.0 Å². The fraction of sp³-hybridized carbons (Fsp3) is 0.478. The Bertz CT molecular complexity index is 806. The van der Waals surface area contributed by atoms with Gasteiger partial charge in [-0.2, -0.15) is 0 Å². The second-order valence-electron chi connectivity index (χ2n) is 7.82. The van der Waals surface area contributed by atoms with Crippen molar-refractivity contribution in [2.45, 2.75) is 69.8 Å². The normalized spacial score (nSPS) is 16.6. The van der Waals surface area contributed by atoms with Crippen LogP contribution >= 0.6 is 10.7 Å². The largest absolute Gasteiger partial charge is 0.393 e. The summed E-state index contributed by atoms with van der Waals surface area (Å²) in [5, 5.41) is 8.45. The number of aryl methyl sites for hydroxylation is 2. The molecule has 2 saturated carbocycles.